The second kappa shape index (κ2) is 4.87. The van der Waals surface area contributed by atoms with Crippen molar-refractivity contribution in [3.8, 4) is 0 Å². The van der Waals surface area contributed by atoms with Crippen molar-refractivity contribution >= 4 is 5.91 Å². The van der Waals surface area contributed by atoms with Gasteiger partial charge >= 0.3 is 0 Å². The minimum Gasteiger partial charge on any atom is -0.456 e. The number of benzene rings is 1. The molecule has 1 heterocycles. The Bertz CT molecular complexity index is 511. The van der Waals surface area contributed by atoms with E-state index in [-0.39, 0.29) is 5.91 Å². The van der Waals surface area contributed by atoms with Crippen LogP contribution < -0.4 is 5.32 Å². The molecular formula is C14H15NO2. The highest BCUT2D eigenvalue weighted by Crippen LogP contribution is 2.07. The van der Waals surface area contributed by atoms with Crippen molar-refractivity contribution in [1.29, 1.82) is 0 Å². The van der Waals surface area contributed by atoms with Crippen molar-refractivity contribution in [2.45, 2.75) is 20.4 Å². The van der Waals surface area contributed by atoms with Crippen LogP contribution in [0.25, 0.3) is 0 Å². The SMILES string of the molecule is Cc1ccc(CNC(=O)c2ccc(C)o2)cc1. The maximum Gasteiger partial charge on any atom is 0.287 e. The van der Waals surface area contributed by atoms with Crippen LogP contribution in [-0.2, 0) is 6.54 Å². The van der Waals surface area contributed by atoms with Crippen molar-refractivity contribution in [1.82, 2.24) is 5.32 Å². The summed E-state index contributed by atoms with van der Waals surface area (Å²) in [6, 6.07) is 11.5. The first-order chi connectivity index (χ1) is 8.15. The molecule has 3 nitrogen and oxygen atoms in total. The van der Waals surface area contributed by atoms with Crippen molar-refractivity contribution < 1.29 is 9.21 Å². The lowest BCUT2D eigenvalue weighted by Gasteiger charge is -2.03. The smallest absolute Gasteiger partial charge is 0.287 e. The minimum absolute atomic E-state index is 0.182. The molecule has 17 heavy (non-hydrogen) atoms. The van der Waals surface area contributed by atoms with Gasteiger partial charge in [0.2, 0.25) is 0 Å². The van der Waals surface area contributed by atoms with Gasteiger partial charge in [-0.1, -0.05) is 29.8 Å². The van der Waals surface area contributed by atoms with Crippen LogP contribution in [0.4, 0.5) is 0 Å². The molecule has 2 rings (SSSR count). The number of aryl methyl sites for hydroxylation is 2. The van der Waals surface area contributed by atoms with E-state index in [2.05, 4.69) is 5.32 Å². The molecule has 1 aromatic carbocycles. The molecule has 0 spiro atoms. The Morgan fingerprint density at radius 2 is 1.82 bits per heavy atom. The molecule has 0 aliphatic carbocycles. The average Bonchev–Trinajstić information content (AvgIpc) is 2.75. The first kappa shape index (κ1) is 11.5. The lowest BCUT2D eigenvalue weighted by atomic mass is 10.1. The predicted molar refractivity (Wildman–Crippen MR) is 65.8 cm³/mol. The fourth-order valence-electron chi connectivity index (χ4n) is 1.53. The highest BCUT2D eigenvalue weighted by Gasteiger charge is 2.08. The van der Waals surface area contributed by atoms with Gasteiger partial charge in [0.25, 0.3) is 5.91 Å². The van der Waals surface area contributed by atoms with Gasteiger partial charge in [0.15, 0.2) is 5.76 Å². The largest absolute Gasteiger partial charge is 0.456 e. The number of hydrogen-bond acceptors (Lipinski definition) is 2. The fourth-order valence-corrected chi connectivity index (χ4v) is 1.53. The van der Waals surface area contributed by atoms with Gasteiger partial charge in [0.05, 0.1) is 0 Å². The number of carbonyl (C=O) groups excluding carboxylic acids is 1. The highest BCUT2D eigenvalue weighted by molar-refractivity contribution is 5.91. The third kappa shape index (κ3) is 2.97. The Labute approximate surface area is 100 Å². The fraction of sp³-hybridized carbons (Fsp3) is 0.214. The van der Waals surface area contributed by atoms with Crippen LogP contribution in [0, 0.1) is 13.8 Å². The normalized spacial score (nSPS) is 10.2. The van der Waals surface area contributed by atoms with E-state index in [0.29, 0.717) is 12.3 Å². The molecule has 0 atom stereocenters. The molecule has 88 valence electrons. The molecule has 0 aliphatic rings. The summed E-state index contributed by atoms with van der Waals surface area (Å²) >= 11 is 0. The second-order valence-corrected chi connectivity index (χ2v) is 4.08. The van der Waals surface area contributed by atoms with E-state index < -0.39 is 0 Å². The zero-order valence-corrected chi connectivity index (χ0v) is 9.99. The van der Waals surface area contributed by atoms with Crippen LogP contribution in [0.1, 0.15) is 27.4 Å². The van der Waals surface area contributed by atoms with Crippen molar-refractivity contribution in [3.63, 3.8) is 0 Å². The average molecular weight is 229 g/mol. The molecule has 0 aliphatic heterocycles. The number of rotatable bonds is 3. The molecule has 0 bridgehead atoms. The Morgan fingerprint density at radius 3 is 2.41 bits per heavy atom. The van der Waals surface area contributed by atoms with Crippen LogP contribution in [-0.4, -0.2) is 5.91 Å². The van der Waals surface area contributed by atoms with E-state index in [0.717, 1.165) is 11.3 Å². The Hall–Kier alpha value is -2.03. The highest BCUT2D eigenvalue weighted by atomic mass is 16.3. The van der Waals surface area contributed by atoms with Gasteiger partial charge in [-0.05, 0) is 31.5 Å². The van der Waals surface area contributed by atoms with Crippen LogP contribution in [0.2, 0.25) is 0 Å². The summed E-state index contributed by atoms with van der Waals surface area (Å²) in [6.07, 6.45) is 0. The van der Waals surface area contributed by atoms with Crippen molar-refractivity contribution in [3.05, 3.63) is 59.0 Å². The quantitative estimate of drug-likeness (QED) is 0.879. The second-order valence-electron chi connectivity index (χ2n) is 4.08. The van der Waals surface area contributed by atoms with E-state index in [4.69, 9.17) is 4.42 Å². The maximum absolute atomic E-state index is 11.7. The van der Waals surface area contributed by atoms with Gasteiger partial charge in [0.1, 0.15) is 5.76 Å². The van der Waals surface area contributed by atoms with Crippen LogP contribution in [0.3, 0.4) is 0 Å². The molecule has 1 aromatic heterocycles. The van der Waals surface area contributed by atoms with E-state index >= 15 is 0 Å². The van der Waals surface area contributed by atoms with E-state index in [1.165, 1.54) is 5.56 Å². The third-order valence-electron chi connectivity index (χ3n) is 2.54. The molecule has 1 N–H and O–H groups in total. The number of furan rings is 1. The molecule has 0 fully saturated rings. The molecule has 2 aromatic rings. The summed E-state index contributed by atoms with van der Waals surface area (Å²) in [7, 11) is 0. The van der Waals surface area contributed by atoms with Gasteiger partial charge in [0, 0.05) is 6.54 Å². The van der Waals surface area contributed by atoms with Crippen LogP contribution in [0.5, 0.6) is 0 Å². The van der Waals surface area contributed by atoms with Crippen molar-refractivity contribution in [2.24, 2.45) is 0 Å². The number of amides is 1. The first-order valence-electron chi connectivity index (χ1n) is 5.55. The van der Waals surface area contributed by atoms with Crippen LogP contribution >= 0.6 is 0 Å². The number of hydrogen-bond donors (Lipinski definition) is 1. The Kier molecular flexibility index (Phi) is 3.28. The van der Waals surface area contributed by atoms with Crippen LogP contribution in [0.15, 0.2) is 40.8 Å². The molecule has 0 unspecified atom stereocenters. The number of nitrogens with one attached hydrogen (secondary N) is 1. The van der Waals surface area contributed by atoms with Gasteiger partial charge in [-0.3, -0.25) is 4.79 Å². The van der Waals surface area contributed by atoms with E-state index in [1.807, 2.05) is 38.1 Å². The summed E-state index contributed by atoms with van der Waals surface area (Å²) < 4.78 is 5.24. The third-order valence-corrected chi connectivity index (χ3v) is 2.54. The molecule has 1 amide bonds. The standard InChI is InChI=1S/C14H15NO2/c1-10-3-6-12(7-4-10)9-15-14(16)13-8-5-11(2)17-13/h3-8H,9H2,1-2H3,(H,15,16). The zero-order valence-electron chi connectivity index (χ0n) is 9.99. The zero-order chi connectivity index (χ0) is 12.3. The summed E-state index contributed by atoms with van der Waals surface area (Å²) in [6.45, 7) is 4.36. The Balaban J connectivity index is 1.94. The summed E-state index contributed by atoms with van der Waals surface area (Å²) in [4.78, 5) is 11.7. The summed E-state index contributed by atoms with van der Waals surface area (Å²) in [5, 5.41) is 2.82. The monoisotopic (exact) mass is 229 g/mol. The molecule has 0 saturated carbocycles. The summed E-state index contributed by atoms with van der Waals surface area (Å²) in [5.74, 6) is 0.916. The molecule has 0 radical (unpaired) electrons. The molecule has 0 saturated heterocycles. The number of carbonyl (C=O) groups is 1. The lowest BCUT2D eigenvalue weighted by Crippen LogP contribution is -2.22. The topological polar surface area (TPSA) is 42.2 Å². The summed E-state index contributed by atoms with van der Waals surface area (Å²) in [5.41, 5.74) is 2.29. The predicted octanol–water partition coefficient (Wildman–Crippen LogP) is 2.83. The van der Waals surface area contributed by atoms with Gasteiger partial charge in [-0.15, -0.1) is 0 Å². The van der Waals surface area contributed by atoms with E-state index in [9.17, 15) is 4.79 Å². The van der Waals surface area contributed by atoms with E-state index in [1.54, 1.807) is 12.1 Å². The molecular weight excluding hydrogens is 214 g/mol. The van der Waals surface area contributed by atoms with Gasteiger partial charge in [-0.2, -0.15) is 0 Å². The Morgan fingerprint density at radius 1 is 1.12 bits per heavy atom. The molecule has 3 heteroatoms. The lowest BCUT2D eigenvalue weighted by molar-refractivity contribution is 0.0922. The first-order valence-corrected chi connectivity index (χ1v) is 5.55. The van der Waals surface area contributed by atoms with Crippen molar-refractivity contribution in [2.75, 3.05) is 0 Å². The minimum atomic E-state index is -0.182. The van der Waals surface area contributed by atoms with Gasteiger partial charge < -0.3 is 9.73 Å². The van der Waals surface area contributed by atoms with Gasteiger partial charge in [-0.25, -0.2) is 0 Å². The maximum atomic E-state index is 11.7.